The van der Waals surface area contributed by atoms with Gasteiger partial charge < -0.3 is 4.90 Å². The molecule has 22 heavy (non-hydrogen) atoms. The highest BCUT2D eigenvalue weighted by Gasteiger charge is 2.32. The highest BCUT2D eigenvalue weighted by atomic mass is 35.5. The third-order valence-electron chi connectivity index (χ3n) is 4.97. The zero-order chi connectivity index (χ0) is 13.9. The molecule has 1 aliphatic carbocycles. The molecule has 1 saturated heterocycles. The Hall–Kier alpha value is 0.01000. The van der Waals surface area contributed by atoms with Crippen molar-refractivity contribution in [3.63, 3.8) is 0 Å². The Morgan fingerprint density at radius 2 is 1.68 bits per heavy atom. The van der Waals surface area contributed by atoms with E-state index >= 15 is 0 Å². The van der Waals surface area contributed by atoms with Crippen molar-refractivity contribution in [3.05, 3.63) is 34.9 Å². The van der Waals surface area contributed by atoms with Crippen LogP contribution in [-0.4, -0.2) is 43.0 Å². The van der Waals surface area contributed by atoms with Gasteiger partial charge in [0, 0.05) is 37.2 Å². The molecule has 0 aromatic heterocycles. The van der Waals surface area contributed by atoms with Crippen LogP contribution in [0.25, 0.3) is 0 Å². The first-order valence-corrected chi connectivity index (χ1v) is 8.30. The summed E-state index contributed by atoms with van der Waals surface area (Å²) in [7, 11) is 2.22. The fraction of sp³-hybridized carbons (Fsp3) is 0.647. The SMILES string of the molecule is CN1CCN(C(c2cccc(Cl)c2)C2CCCC2)CC1.Cl.Cl. The average molecular weight is 366 g/mol. The summed E-state index contributed by atoms with van der Waals surface area (Å²) in [4.78, 5) is 5.13. The number of piperazine rings is 1. The Bertz CT molecular complexity index is 441. The predicted octanol–water partition coefficient (Wildman–Crippen LogP) is 4.66. The van der Waals surface area contributed by atoms with Crippen LogP contribution in [0.1, 0.15) is 37.3 Å². The second-order valence-electron chi connectivity index (χ2n) is 6.38. The van der Waals surface area contributed by atoms with Crippen molar-refractivity contribution >= 4 is 36.4 Å². The Balaban J connectivity index is 0.00000121. The van der Waals surface area contributed by atoms with Gasteiger partial charge in [-0.1, -0.05) is 36.6 Å². The summed E-state index contributed by atoms with van der Waals surface area (Å²) in [6.07, 6.45) is 5.55. The monoisotopic (exact) mass is 364 g/mol. The fourth-order valence-corrected chi connectivity index (χ4v) is 4.04. The number of hydrogen-bond acceptors (Lipinski definition) is 2. The maximum Gasteiger partial charge on any atom is 0.0409 e. The maximum atomic E-state index is 6.23. The molecule has 0 spiro atoms. The van der Waals surface area contributed by atoms with Crippen LogP contribution in [0.4, 0.5) is 0 Å². The molecule has 1 aromatic carbocycles. The summed E-state index contributed by atoms with van der Waals surface area (Å²) >= 11 is 6.23. The first-order valence-electron chi connectivity index (χ1n) is 7.92. The molecule has 1 aliphatic heterocycles. The maximum absolute atomic E-state index is 6.23. The van der Waals surface area contributed by atoms with E-state index in [-0.39, 0.29) is 24.8 Å². The van der Waals surface area contributed by atoms with Gasteiger partial charge >= 0.3 is 0 Å². The normalized spacial score (nSPS) is 21.9. The lowest BCUT2D eigenvalue weighted by Gasteiger charge is -2.41. The van der Waals surface area contributed by atoms with Crippen LogP contribution >= 0.6 is 36.4 Å². The number of halogens is 3. The van der Waals surface area contributed by atoms with E-state index in [0.29, 0.717) is 6.04 Å². The van der Waals surface area contributed by atoms with E-state index in [4.69, 9.17) is 11.6 Å². The Labute approximate surface area is 152 Å². The van der Waals surface area contributed by atoms with E-state index < -0.39 is 0 Å². The Kier molecular flexibility index (Phi) is 8.52. The molecule has 5 heteroatoms. The molecule has 0 N–H and O–H groups in total. The molecule has 126 valence electrons. The standard InChI is InChI=1S/C17H25ClN2.2ClH/c1-19-9-11-20(12-10-19)17(14-5-2-3-6-14)15-7-4-8-16(18)13-15;;/h4,7-8,13-14,17H,2-3,5-6,9-12H2,1H3;2*1H. The van der Waals surface area contributed by atoms with Gasteiger partial charge in [0.05, 0.1) is 0 Å². The van der Waals surface area contributed by atoms with Gasteiger partial charge in [-0.3, -0.25) is 4.90 Å². The zero-order valence-electron chi connectivity index (χ0n) is 13.2. The molecule has 1 unspecified atom stereocenters. The molecule has 1 saturated carbocycles. The number of hydrogen-bond donors (Lipinski definition) is 0. The molecular formula is C17H27Cl3N2. The topological polar surface area (TPSA) is 6.48 Å². The first-order chi connectivity index (χ1) is 9.74. The molecule has 1 heterocycles. The lowest BCUT2D eigenvalue weighted by Crippen LogP contribution is -2.47. The average Bonchev–Trinajstić information content (AvgIpc) is 2.95. The van der Waals surface area contributed by atoms with Crippen molar-refractivity contribution in [2.75, 3.05) is 33.2 Å². The third kappa shape index (κ3) is 4.75. The van der Waals surface area contributed by atoms with Crippen molar-refractivity contribution in [3.8, 4) is 0 Å². The van der Waals surface area contributed by atoms with Gasteiger partial charge in [0.1, 0.15) is 0 Å². The van der Waals surface area contributed by atoms with Gasteiger partial charge in [-0.05, 0) is 43.5 Å². The largest absolute Gasteiger partial charge is 0.304 e. The molecular weight excluding hydrogens is 339 g/mol. The van der Waals surface area contributed by atoms with Crippen molar-refractivity contribution in [1.82, 2.24) is 9.80 Å². The first kappa shape index (κ1) is 20.1. The lowest BCUT2D eigenvalue weighted by atomic mass is 9.89. The van der Waals surface area contributed by atoms with E-state index in [0.717, 1.165) is 10.9 Å². The molecule has 1 atom stereocenters. The number of benzene rings is 1. The molecule has 2 aliphatic rings. The van der Waals surface area contributed by atoms with E-state index in [1.165, 1.54) is 57.4 Å². The van der Waals surface area contributed by atoms with E-state index in [9.17, 15) is 0 Å². The van der Waals surface area contributed by atoms with Crippen LogP contribution in [0.5, 0.6) is 0 Å². The quantitative estimate of drug-likeness (QED) is 0.768. The van der Waals surface area contributed by atoms with E-state index in [2.05, 4.69) is 35.0 Å². The van der Waals surface area contributed by atoms with Crippen LogP contribution < -0.4 is 0 Å². The minimum absolute atomic E-state index is 0. The minimum Gasteiger partial charge on any atom is -0.304 e. The molecule has 3 rings (SSSR count). The van der Waals surface area contributed by atoms with Crippen molar-refractivity contribution in [2.45, 2.75) is 31.7 Å². The summed E-state index contributed by atoms with van der Waals surface area (Å²) in [5.74, 6) is 0.817. The Morgan fingerprint density at radius 1 is 1.05 bits per heavy atom. The summed E-state index contributed by atoms with van der Waals surface area (Å²) in [6.45, 7) is 4.74. The predicted molar refractivity (Wildman–Crippen MR) is 99.7 cm³/mol. The third-order valence-corrected chi connectivity index (χ3v) is 5.20. The minimum atomic E-state index is 0. The summed E-state index contributed by atoms with van der Waals surface area (Å²) < 4.78 is 0. The van der Waals surface area contributed by atoms with Crippen LogP contribution in [-0.2, 0) is 0 Å². The van der Waals surface area contributed by atoms with Crippen LogP contribution in [0, 0.1) is 5.92 Å². The van der Waals surface area contributed by atoms with Gasteiger partial charge in [0.15, 0.2) is 0 Å². The van der Waals surface area contributed by atoms with Gasteiger partial charge in [-0.25, -0.2) is 0 Å². The van der Waals surface area contributed by atoms with E-state index in [1.54, 1.807) is 0 Å². The molecule has 2 nitrogen and oxygen atoms in total. The van der Waals surface area contributed by atoms with E-state index in [1.807, 2.05) is 6.07 Å². The van der Waals surface area contributed by atoms with Crippen molar-refractivity contribution in [2.24, 2.45) is 5.92 Å². The number of likely N-dealkylation sites (N-methyl/N-ethyl adjacent to an activating group) is 1. The highest BCUT2D eigenvalue weighted by Crippen LogP contribution is 2.40. The van der Waals surface area contributed by atoms with Gasteiger partial charge in [-0.2, -0.15) is 0 Å². The lowest BCUT2D eigenvalue weighted by molar-refractivity contribution is 0.0808. The fourth-order valence-electron chi connectivity index (χ4n) is 3.84. The second kappa shape index (κ2) is 9.34. The molecule has 2 fully saturated rings. The molecule has 0 bridgehead atoms. The number of nitrogens with zero attached hydrogens (tertiary/aromatic N) is 2. The van der Waals surface area contributed by atoms with Crippen LogP contribution in [0.3, 0.4) is 0 Å². The zero-order valence-corrected chi connectivity index (χ0v) is 15.6. The van der Waals surface area contributed by atoms with Gasteiger partial charge in [-0.15, -0.1) is 24.8 Å². The summed E-state index contributed by atoms with van der Waals surface area (Å²) in [6, 6.07) is 9.12. The van der Waals surface area contributed by atoms with Crippen LogP contribution in [0.15, 0.2) is 24.3 Å². The highest BCUT2D eigenvalue weighted by molar-refractivity contribution is 6.30. The van der Waals surface area contributed by atoms with Crippen LogP contribution in [0.2, 0.25) is 5.02 Å². The van der Waals surface area contributed by atoms with Crippen molar-refractivity contribution in [1.29, 1.82) is 0 Å². The molecule has 1 aromatic rings. The molecule has 0 radical (unpaired) electrons. The Morgan fingerprint density at radius 3 is 2.27 bits per heavy atom. The molecule has 0 amide bonds. The van der Waals surface area contributed by atoms with Gasteiger partial charge in [0.2, 0.25) is 0 Å². The van der Waals surface area contributed by atoms with Gasteiger partial charge in [0.25, 0.3) is 0 Å². The number of rotatable bonds is 3. The summed E-state index contributed by atoms with van der Waals surface area (Å²) in [5, 5.41) is 0.875. The second-order valence-corrected chi connectivity index (χ2v) is 6.82. The smallest absolute Gasteiger partial charge is 0.0409 e. The summed E-state index contributed by atoms with van der Waals surface area (Å²) in [5.41, 5.74) is 1.42. The van der Waals surface area contributed by atoms with Crippen molar-refractivity contribution < 1.29 is 0 Å².